The van der Waals surface area contributed by atoms with Gasteiger partial charge in [-0.25, -0.2) is 9.97 Å². The van der Waals surface area contributed by atoms with Gasteiger partial charge in [0.15, 0.2) is 5.82 Å². The first kappa shape index (κ1) is 14.3. The van der Waals surface area contributed by atoms with Crippen LogP contribution in [0, 0.1) is 13.8 Å². The molecule has 0 unspecified atom stereocenters. The molecule has 3 rings (SSSR count). The largest absolute Gasteiger partial charge is 0.368 e. The number of hydrogen-bond acceptors (Lipinski definition) is 5. The number of aryl methyl sites for hydroxylation is 1. The van der Waals surface area contributed by atoms with E-state index in [2.05, 4.69) is 28.5 Å². The summed E-state index contributed by atoms with van der Waals surface area (Å²) in [5.41, 5.74) is 3.09. The van der Waals surface area contributed by atoms with Crippen molar-refractivity contribution in [1.82, 2.24) is 15.0 Å². The molecule has 0 radical (unpaired) electrons. The average molecular weight is 300 g/mol. The van der Waals surface area contributed by atoms with Crippen LogP contribution < -0.4 is 5.32 Å². The van der Waals surface area contributed by atoms with Crippen molar-refractivity contribution in [1.29, 1.82) is 0 Å². The van der Waals surface area contributed by atoms with Crippen molar-refractivity contribution in [3.63, 3.8) is 0 Å². The summed E-state index contributed by atoms with van der Waals surface area (Å²) in [4.78, 5) is 13.4. The summed E-state index contributed by atoms with van der Waals surface area (Å²) < 4.78 is 0.416. The van der Waals surface area contributed by atoms with Crippen LogP contribution in [0.4, 0.5) is 5.82 Å². The fraction of sp³-hybridized carbons (Fsp3) is 0.438. The minimum Gasteiger partial charge on any atom is -0.368 e. The topological polar surface area (TPSA) is 50.7 Å². The Kier molecular flexibility index (Phi) is 3.85. The Morgan fingerprint density at radius 2 is 2.10 bits per heavy atom. The Labute approximate surface area is 129 Å². The third-order valence-electron chi connectivity index (χ3n) is 4.13. The van der Waals surface area contributed by atoms with Gasteiger partial charge in [-0.15, -0.1) is 0 Å². The number of hydrogen-bond donors (Lipinski definition) is 1. The molecule has 110 valence electrons. The molecule has 1 saturated carbocycles. The smallest absolute Gasteiger partial charge is 0.163 e. The van der Waals surface area contributed by atoms with Gasteiger partial charge in [-0.05, 0) is 45.1 Å². The minimum atomic E-state index is 0.416. The monoisotopic (exact) mass is 300 g/mol. The van der Waals surface area contributed by atoms with Crippen LogP contribution in [0.15, 0.2) is 24.5 Å². The van der Waals surface area contributed by atoms with Crippen molar-refractivity contribution in [2.75, 3.05) is 18.1 Å². The second-order valence-corrected chi connectivity index (χ2v) is 6.86. The van der Waals surface area contributed by atoms with E-state index in [1.807, 2.05) is 30.8 Å². The number of anilines is 1. The van der Waals surface area contributed by atoms with Gasteiger partial charge in [-0.1, -0.05) is 0 Å². The molecule has 0 aliphatic heterocycles. The zero-order valence-electron chi connectivity index (χ0n) is 12.7. The molecule has 2 heterocycles. The van der Waals surface area contributed by atoms with Crippen molar-refractivity contribution in [2.24, 2.45) is 0 Å². The highest BCUT2D eigenvalue weighted by atomic mass is 32.2. The van der Waals surface area contributed by atoms with E-state index in [0.717, 1.165) is 35.0 Å². The molecule has 0 amide bonds. The molecule has 0 aromatic carbocycles. The summed E-state index contributed by atoms with van der Waals surface area (Å²) >= 11 is 1.95. The van der Waals surface area contributed by atoms with Crippen molar-refractivity contribution in [3.05, 3.63) is 35.8 Å². The molecule has 1 fully saturated rings. The quantitative estimate of drug-likeness (QED) is 0.916. The highest BCUT2D eigenvalue weighted by Crippen LogP contribution is 2.47. The lowest BCUT2D eigenvalue weighted by atomic mass is 10.2. The molecular formula is C16H20N4S. The van der Waals surface area contributed by atoms with E-state index >= 15 is 0 Å². The highest BCUT2D eigenvalue weighted by molar-refractivity contribution is 8.00. The van der Waals surface area contributed by atoms with Gasteiger partial charge in [0.25, 0.3) is 0 Å². The lowest BCUT2D eigenvalue weighted by Crippen LogP contribution is -2.19. The third kappa shape index (κ3) is 3.02. The second-order valence-electron chi connectivity index (χ2n) is 5.59. The van der Waals surface area contributed by atoms with Gasteiger partial charge in [0.1, 0.15) is 5.82 Å². The van der Waals surface area contributed by atoms with Gasteiger partial charge in [0.05, 0.1) is 0 Å². The van der Waals surface area contributed by atoms with Gasteiger partial charge in [0.2, 0.25) is 0 Å². The number of aromatic nitrogens is 3. The third-order valence-corrected chi connectivity index (χ3v) is 5.55. The van der Waals surface area contributed by atoms with Gasteiger partial charge < -0.3 is 5.32 Å². The number of rotatable bonds is 5. The van der Waals surface area contributed by atoms with Crippen LogP contribution in [0.3, 0.4) is 0 Å². The minimum absolute atomic E-state index is 0.416. The van der Waals surface area contributed by atoms with Crippen LogP contribution in [0.25, 0.3) is 11.4 Å². The number of thioether (sulfide) groups is 1. The number of nitrogens with zero attached hydrogens (tertiary/aromatic N) is 3. The zero-order chi connectivity index (χ0) is 14.9. The Morgan fingerprint density at radius 3 is 2.71 bits per heavy atom. The molecule has 0 saturated heterocycles. The van der Waals surface area contributed by atoms with Gasteiger partial charge >= 0.3 is 0 Å². The standard InChI is InChI=1S/C16H20N4S/c1-11-12(2)19-15(13-5-4-8-17-9-13)20-14(11)18-10-16(21-3)6-7-16/h4-5,8-9H,6-7,10H2,1-3H3,(H,18,19,20). The normalized spacial score (nSPS) is 15.8. The molecule has 0 spiro atoms. The molecule has 2 aromatic heterocycles. The summed E-state index contributed by atoms with van der Waals surface area (Å²) in [5, 5.41) is 3.53. The van der Waals surface area contributed by atoms with Crippen LogP contribution in [-0.2, 0) is 0 Å². The first-order chi connectivity index (χ1) is 10.1. The fourth-order valence-corrected chi connectivity index (χ4v) is 2.99. The average Bonchev–Trinajstić information content (AvgIpc) is 3.30. The van der Waals surface area contributed by atoms with Crippen molar-refractivity contribution in [3.8, 4) is 11.4 Å². The first-order valence-electron chi connectivity index (χ1n) is 7.18. The van der Waals surface area contributed by atoms with Crippen molar-refractivity contribution in [2.45, 2.75) is 31.4 Å². The summed E-state index contributed by atoms with van der Waals surface area (Å²) in [5.74, 6) is 1.68. The van der Waals surface area contributed by atoms with E-state index in [1.165, 1.54) is 12.8 Å². The van der Waals surface area contributed by atoms with Crippen LogP contribution in [0.5, 0.6) is 0 Å². The van der Waals surface area contributed by atoms with E-state index in [4.69, 9.17) is 4.98 Å². The second kappa shape index (κ2) is 5.64. The van der Waals surface area contributed by atoms with Crippen LogP contribution in [-0.4, -0.2) is 32.5 Å². The Balaban J connectivity index is 1.87. The summed E-state index contributed by atoms with van der Waals surface area (Å²) in [7, 11) is 0. The molecule has 2 aromatic rings. The van der Waals surface area contributed by atoms with E-state index in [-0.39, 0.29) is 0 Å². The van der Waals surface area contributed by atoms with Gasteiger partial charge in [-0.2, -0.15) is 11.8 Å². The lowest BCUT2D eigenvalue weighted by Gasteiger charge is -2.16. The Morgan fingerprint density at radius 1 is 1.29 bits per heavy atom. The van der Waals surface area contributed by atoms with Crippen LogP contribution in [0.2, 0.25) is 0 Å². The molecule has 1 aliphatic carbocycles. The molecule has 21 heavy (non-hydrogen) atoms. The lowest BCUT2D eigenvalue weighted by molar-refractivity contribution is 0.929. The predicted octanol–water partition coefficient (Wildman–Crippen LogP) is 3.46. The molecule has 0 bridgehead atoms. The van der Waals surface area contributed by atoms with Crippen LogP contribution in [0.1, 0.15) is 24.1 Å². The van der Waals surface area contributed by atoms with Gasteiger partial charge in [0, 0.05) is 40.5 Å². The maximum atomic E-state index is 4.70. The van der Waals surface area contributed by atoms with Crippen molar-refractivity contribution >= 4 is 17.6 Å². The molecular weight excluding hydrogens is 280 g/mol. The molecule has 0 atom stereocenters. The molecule has 1 aliphatic rings. The van der Waals surface area contributed by atoms with E-state index in [9.17, 15) is 0 Å². The Bertz CT molecular complexity index is 638. The highest BCUT2D eigenvalue weighted by Gasteiger charge is 2.41. The van der Waals surface area contributed by atoms with E-state index < -0.39 is 0 Å². The van der Waals surface area contributed by atoms with Crippen molar-refractivity contribution < 1.29 is 0 Å². The van der Waals surface area contributed by atoms with E-state index in [1.54, 1.807) is 12.4 Å². The van der Waals surface area contributed by atoms with E-state index in [0.29, 0.717) is 4.75 Å². The molecule has 5 heteroatoms. The zero-order valence-corrected chi connectivity index (χ0v) is 13.5. The number of pyridine rings is 1. The first-order valence-corrected chi connectivity index (χ1v) is 8.41. The maximum absolute atomic E-state index is 4.70. The maximum Gasteiger partial charge on any atom is 0.163 e. The number of nitrogens with one attached hydrogen (secondary N) is 1. The van der Waals surface area contributed by atoms with Crippen LogP contribution >= 0.6 is 11.8 Å². The predicted molar refractivity (Wildman–Crippen MR) is 88.7 cm³/mol. The SMILES string of the molecule is CSC1(CNc2nc(-c3cccnc3)nc(C)c2C)CC1. The Hall–Kier alpha value is -1.62. The molecule has 1 N–H and O–H groups in total. The summed E-state index contributed by atoms with van der Waals surface area (Å²) in [6.07, 6.45) is 8.34. The van der Waals surface area contributed by atoms with Gasteiger partial charge in [-0.3, -0.25) is 4.98 Å². The molecule has 4 nitrogen and oxygen atoms in total. The summed E-state index contributed by atoms with van der Waals surface area (Å²) in [6, 6.07) is 3.90. The fourth-order valence-electron chi connectivity index (χ4n) is 2.26. The summed E-state index contributed by atoms with van der Waals surface area (Å²) in [6.45, 7) is 5.07.